The third kappa shape index (κ3) is 3.64. The lowest BCUT2D eigenvalue weighted by Gasteiger charge is -2.09. The number of hydrogen-bond donors (Lipinski definition) is 3. The lowest BCUT2D eigenvalue weighted by atomic mass is 10.2. The molecule has 1 heterocycles. The van der Waals surface area contributed by atoms with Crippen LogP contribution in [-0.4, -0.2) is 34.4 Å². The number of benzene rings is 1. The third-order valence-corrected chi connectivity index (χ3v) is 2.78. The van der Waals surface area contributed by atoms with Crippen LogP contribution in [0, 0.1) is 6.92 Å². The number of nitrogens with one attached hydrogen (secondary N) is 2. The molecule has 0 spiro atoms. The van der Waals surface area contributed by atoms with E-state index < -0.39 is 0 Å². The topological polar surface area (TPSA) is 144 Å². The lowest BCUT2D eigenvalue weighted by Crippen LogP contribution is -2.18. The van der Waals surface area contributed by atoms with Gasteiger partial charge in [-0.2, -0.15) is 0 Å². The first-order chi connectivity index (χ1) is 10.8. The van der Waals surface area contributed by atoms with Gasteiger partial charge in [-0.3, -0.25) is 0 Å². The van der Waals surface area contributed by atoms with Crippen molar-refractivity contribution >= 4 is 17.3 Å². The molecule has 0 unspecified atom stereocenters. The van der Waals surface area contributed by atoms with Gasteiger partial charge in [0.25, 0.3) is 0 Å². The fourth-order valence-electron chi connectivity index (χ4n) is 1.70. The highest BCUT2D eigenvalue weighted by Crippen LogP contribution is 2.17. The van der Waals surface area contributed by atoms with E-state index in [-0.39, 0.29) is 23.9 Å². The van der Waals surface area contributed by atoms with Gasteiger partial charge >= 0.3 is 0 Å². The molecular formula is C12H14N8O2. The predicted molar refractivity (Wildman–Crippen MR) is 79.9 cm³/mol. The molecule has 2 rings (SSSR count). The minimum Gasteiger partial charge on any atom is -0.409 e. The van der Waals surface area contributed by atoms with Crippen molar-refractivity contribution in [2.75, 3.05) is 23.7 Å². The predicted octanol–water partition coefficient (Wildman–Crippen LogP) is 2.35. The van der Waals surface area contributed by atoms with Gasteiger partial charge < -0.3 is 15.8 Å². The molecule has 0 fully saturated rings. The van der Waals surface area contributed by atoms with Crippen molar-refractivity contribution < 1.29 is 9.84 Å². The van der Waals surface area contributed by atoms with Crippen molar-refractivity contribution in [2.24, 2.45) is 10.3 Å². The molecule has 1 aromatic carbocycles. The zero-order valence-electron chi connectivity index (χ0n) is 11.8. The molecular weight excluding hydrogens is 288 g/mol. The number of azide groups is 1. The van der Waals surface area contributed by atoms with E-state index in [0.717, 1.165) is 11.3 Å². The molecule has 0 bridgehead atoms. The Morgan fingerprint density at radius 2 is 2.23 bits per heavy atom. The highest BCUT2D eigenvalue weighted by molar-refractivity contribution is 6.09. The highest BCUT2D eigenvalue weighted by Gasteiger charge is 2.17. The maximum absolute atomic E-state index is 9.21. The van der Waals surface area contributed by atoms with Crippen LogP contribution >= 0.6 is 0 Å². The first kappa shape index (κ1) is 15.1. The number of rotatable bonds is 6. The SMILES string of the molecule is Cc1ccccc1NC(=NO)c1nonc1NCCN=[N+]=[N-]. The summed E-state index contributed by atoms with van der Waals surface area (Å²) in [4.78, 5) is 2.64. The van der Waals surface area contributed by atoms with Gasteiger partial charge in [-0.25, -0.2) is 4.63 Å². The van der Waals surface area contributed by atoms with Crippen molar-refractivity contribution in [1.82, 2.24) is 10.3 Å². The maximum atomic E-state index is 9.21. The quantitative estimate of drug-likeness (QED) is 0.109. The summed E-state index contributed by atoms with van der Waals surface area (Å²) in [5, 5.41) is 29.0. The van der Waals surface area contributed by atoms with Gasteiger partial charge in [-0.05, 0) is 34.4 Å². The minimum atomic E-state index is 0.0850. The molecule has 0 saturated carbocycles. The molecule has 0 radical (unpaired) electrons. The molecule has 10 heteroatoms. The summed E-state index contributed by atoms with van der Waals surface area (Å²) in [6.07, 6.45) is 0. The van der Waals surface area contributed by atoms with E-state index in [1.54, 1.807) is 0 Å². The van der Waals surface area contributed by atoms with Gasteiger partial charge in [0.1, 0.15) is 0 Å². The van der Waals surface area contributed by atoms with E-state index in [0.29, 0.717) is 6.54 Å². The molecule has 0 aliphatic heterocycles. The van der Waals surface area contributed by atoms with Crippen molar-refractivity contribution in [3.63, 3.8) is 0 Å². The number of aromatic nitrogens is 2. The van der Waals surface area contributed by atoms with Crippen molar-refractivity contribution in [1.29, 1.82) is 0 Å². The second kappa shape index (κ2) is 7.50. The molecule has 2 aromatic rings. The number of aryl methyl sites for hydroxylation is 1. The lowest BCUT2D eigenvalue weighted by molar-refractivity contribution is 0.305. The van der Waals surface area contributed by atoms with Crippen LogP contribution in [0.15, 0.2) is 39.2 Å². The molecule has 22 heavy (non-hydrogen) atoms. The van der Waals surface area contributed by atoms with E-state index in [1.165, 1.54) is 0 Å². The summed E-state index contributed by atoms with van der Waals surface area (Å²) in [6, 6.07) is 7.50. The number of nitrogens with zero attached hydrogens (tertiary/aromatic N) is 6. The smallest absolute Gasteiger partial charge is 0.203 e. The van der Waals surface area contributed by atoms with E-state index >= 15 is 0 Å². The first-order valence-electron chi connectivity index (χ1n) is 6.38. The van der Waals surface area contributed by atoms with Crippen LogP contribution in [0.2, 0.25) is 0 Å². The number of amidine groups is 1. The van der Waals surface area contributed by atoms with Crippen LogP contribution in [0.5, 0.6) is 0 Å². The molecule has 3 N–H and O–H groups in total. The average molecular weight is 302 g/mol. The molecule has 0 saturated heterocycles. The Kier molecular flexibility index (Phi) is 5.16. The van der Waals surface area contributed by atoms with E-state index in [4.69, 9.17) is 5.53 Å². The largest absolute Gasteiger partial charge is 0.409 e. The zero-order chi connectivity index (χ0) is 15.8. The molecule has 10 nitrogen and oxygen atoms in total. The third-order valence-electron chi connectivity index (χ3n) is 2.78. The number of hydrogen-bond acceptors (Lipinski definition) is 7. The fraction of sp³-hybridized carbons (Fsp3) is 0.250. The van der Waals surface area contributed by atoms with Gasteiger partial charge in [0, 0.05) is 23.7 Å². The summed E-state index contributed by atoms with van der Waals surface area (Å²) >= 11 is 0. The molecule has 0 aliphatic rings. The summed E-state index contributed by atoms with van der Waals surface area (Å²) in [6.45, 7) is 2.49. The molecule has 1 aromatic heterocycles. The Morgan fingerprint density at radius 1 is 1.41 bits per heavy atom. The normalized spacial score (nSPS) is 10.9. The van der Waals surface area contributed by atoms with Crippen molar-refractivity contribution in [3.05, 3.63) is 46.0 Å². The Morgan fingerprint density at radius 3 is 2.95 bits per heavy atom. The number of para-hydroxylation sites is 1. The summed E-state index contributed by atoms with van der Waals surface area (Å²) in [5.74, 6) is 0.365. The van der Waals surface area contributed by atoms with Gasteiger partial charge in [0.2, 0.25) is 11.7 Å². The fourth-order valence-corrected chi connectivity index (χ4v) is 1.70. The van der Waals surface area contributed by atoms with Crippen LogP contribution in [0.1, 0.15) is 11.3 Å². The maximum Gasteiger partial charge on any atom is 0.203 e. The Hall–Kier alpha value is -3.26. The first-order valence-corrected chi connectivity index (χ1v) is 6.38. The molecule has 114 valence electrons. The minimum absolute atomic E-state index is 0.0850. The van der Waals surface area contributed by atoms with Crippen LogP contribution in [-0.2, 0) is 0 Å². The van der Waals surface area contributed by atoms with E-state index in [9.17, 15) is 5.21 Å². The van der Waals surface area contributed by atoms with Crippen LogP contribution in [0.25, 0.3) is 10.4 Å². The number of anilines is 2. The second-order valence-corrected chi connectivity index (χ2v) is 4.23. The Bertz CT molecular complexity index is 705. The molecule has 0 amide bonds. The van der Waals surface area contributed by atoms with Gasteiger partial charge in [0.05, 0.1) is 0 Å². The molecule has 0 atom stereocenters. The van der Waals surface area contributed by atoms with Gasteiger partial charge in [-0.1, -0.05) is 28.5 Å². The van der Waals surface area contributed by atoms with E-state index in [1.807, 2.05) is 31.2 Å². The molecule has 0 aliphatic carbocycles. The summed E-state index contributed by atoms with van der Waals surface area (Å²) in [5.41, 5.74) is 10.2. The summed E-state index contributed by atoms with van der Waals surface area (Å²) in [7, 11) is 0. The monoisotopic (exact) mass is 302 g/mol. The zero-order valence-corrected chi connectivity index (χ0v) is 11.8. The average Bonchev–Trinajstić information content (AvgIpc) is 2.99. The second-order valence-electron chi connectivity index (χ2n) is 4.23. The van der Waals surface area contributed by atoms with Crippen molar-refractivity contribution in [3.8, 4) is 0 Å². The van der Waals surface area contributed by atoms with Crippen molar-refractivity contribution in [2.45, 2.75) is 6.92 Å². The highest BCUT2D eigenvalue weighted by atomic mass is 16.6. The van der Waals surface area contributed by atoms with Crippen LogP contribution in [0.3, 0.4) is 0 Å². The summed E-state index contributed by atoms with van der Waals surface area (Å²) < 4.78 is 4.66. The van der Waals surface area contributed by atoms with Gasteiger partial charge in [0.15, 0.2) is 5.69 Å². The van der Waals surface area contributed by atoms with Gasteiger partial charge in [-0.15, -0.1) is 0 Å². The standard InChI is InChI=1S/C12H14N8O2/c1-8-4-2-3-5-9(8)16-12(17-21)10-11(19-22-18-10)14-6-7-15-20-13/h2-5,21H,6-7H2,1H3,(H,14,19)(H,16,17). The van der Waals surface area contributed by atoms with Crippen LogP contribution in [0.4, 0.5) is 11.5 Å². The Balaban J connectivity index is 2.13. The van der Waals surface area contributed by atoms with Crippen LogP contribution < -0.4 is 10.6 Å². The number of oxime groups is 1. The van der Waals surface area contributed by atoms with E-state index in [2.05, 4.69) is 40.8 Å². The Labute approximate surface area is 125 Å².